The fraction of sp³-hybridized carbons (Fsp3) is 0.778. The van der Waals surface area contributed by atoms with Crippen molar-refractivity contribution < 1.29 is 0 Å². The first-order valence-corrected chi connectivity index (χ1v) is 4.58. The molecule has 1 atom stereocenters. The molecular formula is C9H15Cl. The van der Waals surface area contributed by atoms with Gasteiger partial charge in [0.2, 0.25) is 0 Å². The molecule has 0 N–H and O–H groups in total. The number of hydrogen-bond donors (Lipinski definition) is 0. The normalized spacial score (nSPS) is 21.7. The molecule has 0 bridgehead atoms. The molecule has 0 radical (unpaired) electrons. The van der Waals surface area contributed by atoms with Crippen molar-refractivity contribution in [2.24, 2.45) is 11.8 Å². The molecule has 58 valence electrons. The minimum absolute atomic E-state index is 0.716. The third kappa shape index (κ3) is 1.76. The van der Waals surface area contributed by atoms with Gasteiger partial charge < -0.3 is 0 Å². The van der Waals surface area contributed by atoms with E-state index in [4.69, 9.17) is 11.6 Å². The number of allylic oxidation sites excluding steroid dienone is 1. The zero-order valence-corrected chi connectivity index (χ0v) is 7.11. The lowest BCUT2D eigenvalue weighted by molar-refractivity contribution is 0.224. The SMILES string of the molecule is C=CCC(CCl)C1CCC1. The Labute approximate surface area is 68.3 Å². The van der Waals surface area contributed by atoms with Crippen molar-refractivity contribution in [1.82, 2.24) is 0 Å². The van der Waals surface area contributed by atoms with Crippen molar-refractivity contribution in [3.05, 3.63) is 12.7 Å². The minimum Gasteiger partial charge on any atom is -0.126 e. The zero-order chi connectivity index (χ0) is 7.40. The van der Waals surface area contributed by atoms with Gasteiger partial charge in [0.1, 0.15) is 0 Å². The molecule has 1 heteroatoms. The first-order chi connectivity index (χ1) is 4.88. The van der Waals surface area contributed by atoms with Gasteiger partial charge in [0.15, 0.2) is 0 Å². The lowest BCUT2D eigenvalue weighted by Gasteiger charge is -2.31. The lowest BCUT2D eigenvalue weighted by Crippen LogP contribution is -2.22. The van der Waals surface area contributed by atoms with Crippen molar-refractivity contribution in [3.63, 3.8) is 0 Å². The highest BCUT2D eigenvalue weighted by Gasteiger charge is 2.25. The van der Waals surface area contributed by atoms with E-state index in [-0.39, 0.29) is 0 Å². The second kappa shape index (κ2) is 4.02. The first-order valence-electron chi connectivity index (χ1n) is 4.05. The summed E-state index contributed by atoms with van der Waals surface area (Å²) in [5, 5.41) is 0. The highest BCUT2D eigenvalue weighted by molar-refractivity contribution is 6.18. The maximum absolute atomic E-state index is 5.81. The molecule has 0 aromatic heterocycles. The van der Waals surface area contributed by atoms with E-state index in [0.717, 1.165) is 18.2 Å². The summed E-state index contributed by atoms with van der Waals surface area (Å²) in [6.07, 6.45) is 7.30. The Balaban J connectivity index is 2.23. The topological polar surface area (TPSA) is 0 Å². The van der Waals surface area contributed by atoms with Crippen molar-refractivity contribution in [1.29, 1.82) is 0 Å². The summed E-state index contributed by atoms with van der Waals surface area (Å²) in [5.74, 6) is 2.44. The smallest absolute Gasteiger partial charge is 0.0257 e. The van der Waals surface area contributed by atoms with Crippen LogP contribution in [0.15, 0.2) is 12.7 Å². The van der Waals surface area contributed by atoms with Gasteiger partial charge in [-0.15, -0.1) is 18.2 Å². The molecular weight excluding hydrogens is 144 g/mol. The van der Waals surface area contributed by atoms with Crippen LogP contribution in [0.1, 0.15) is 25.7 Å². The van der Waals surface area contributed by atoms with Gasteiger partial charge in [-0.3, -0.25) is 0 Å². The predicted molar refractivity (Wildman–Crippen MR) is 46.4 cm³/mol. The number of rotatable bonds is 4. The van der Waals surface area contributed by atoms with E-state index < -0.39 is 0 Å². The molecule has 0 amide bonds. The summed E-state index contributed by atoms with van der Waals surface area (Å²) in [7, 11) is 0. The molecule has 1 unspecified atom stereocenters. The third-order valence-corrected chi connectivity index (χ3v) is 2.88. The van der Waals surface area contributed by atoms with Crippen LogP contribution in [0.4, 0.5) is 0 Å². The van der Waals surface area contributed by atoms with Crippen LogP contribution in [-0.4, -0.2) is 5.88 Å². The molecule has 0 aromatic carbocycles. The maximum atomic E-state index is 5.81. The second-order valence-electron chi connectivity index (χ2n) is 3.13. The molecule has 0 saturated heterocycles. The monoisotopic (exact) mass is 158 g/mol. The highest BCUT2D eigenvalue weighted by Crippen LogP contribution is 2.35. The fourth-order valence-electron chi connectivity index (χ4n) is 1.51. The van der Waals surface area contributed by atoms with Crippen LogP contribution in [0.3, 0.4) is 0 Å². The standard InChI is InChI=1S/C9H15Cl/c1-2-4-9(7-10)8-5-3-6-8/h2,8-9H,1,3-7H2. The largest absolute Gasteiger partial charge is 0.126 e. The Morgan fingerprint density at radius 2 is 2.30 bits per heavy atom. The van der Waals surface area contributed by atoms with Gasteiger partial charge in [0, 0.05) is 5.88 Å². The van der Waals surface area contributed by atoms with Gasteiger partial charge >= 0.3 is 0 Å². The van der Waals surface area contributed by atoms with Crippen LogP contribution >= 0.6 is 11.6 Å². The Bertz CT molecular complexity index is 105. The summed E-state index contributed by atoms with van der Waals surface area (Å²) in [6.45, 7) is 3.73. The molecule has 1 aliphatic rings. The number of hydrogen-bond acceptors (Lipinski definition) is 0. The van der Waals surface area contributed by atoms with Crippen LogP contribution in [0.25, 0.3) is 0 Å². The Morgan fingerprint density at radius 3 is 2.60 bits per heavy atom. The molecule has 10 heavy (non-hydrogen) atoms. The molecule has 0 spiro atoms. The molecule has 1 saturated carbocycles. The van der Waals surface area contributed by atoms with E-state index in [1.165, 1.54) is 19.3 Å². The van der Waals surface area contributed by atoms with Crippen molar-refractivity contribution >= 4 is 11.6 Å². The third-order valence-electron chi connectivity index (χ3n) is 2.48. The van der Waals surface area contributed by atoms with Gasteiger partial charge in [-0.1, -0.05) is 25.3 Å². The van der Waals surface area contributed by atoms with Gasteiger partial charge in [0.05, 0.1) is 0 Å². The Morgan fingerprint density at radius 1 is 1.60 bits per heavy atom. The summed E-state index contributed by atoms with van der Waals surface area (Å²) in [6, 6.07) is 0. The number of alkyl halides is 1. The highest BCUT2D eigenvalue weighted by atomic mass is 35.5. The molecule has 0 aromatic rings. The average molecular weight is 159 g/mol. The minimum atomic E-state index is 0.716. The van der Waals surface area contributed by atoms with E-state index in [1.54, 1.807) is 0 Å². The zero-order valence-electron chi connectivity index (χ0n) is 6.35. The predicted octanol–water partition coefficient (Wildman–Crippen LogP) is 3.22. The molecule has 1 fully saturated rings. The molecule has 1 rings (SSSR count). The molecule has 0 aliphatic heterocycles. The van der Waals surface area contributed by atoms with Gasteiger partial charge in [-0.25, -0.2) is 0 Å². The Kier molecular flexibility index (Phi) is 3.27. The van der Waals surface area contributed by atoms with Gasteiger partial charge in [-0.2, -0.15) is 0 Å². The van der Waals surface area contributed by atoms with E-state index in [2.05, 4.69) is 6.58 Å². The van der Waals surface area contributed by atoms with Crippen molar-refractivity contribution in [3.8, 4) is 0 Å². The maximum Gasteiger partial charge on any atom is 0.0257 e. The van der Waals surface area contributed by atoms with Gasteiger partial charge in [0.25, 0.3) is 0 Å². The van der Waals surface area contributed by atoms with Crippen LogP contribution < -0.4 is 0 Å². The van der Waals surface area contributed by atoms with E-state index in [9.17, 15) is 0 Å². The molecule has 0 heterocycles. The van der Waals surface area contributed by atoms with Gasteiger partial charge in [-0.05, 0) is 18.3 Å². The molecule has 0 nitrogen and oxygen atoms in total. The van der Waals surface area contributed by atoms with E-state index in [0.29, 0.717) is 5.92 Å². The van der Waals surface area contributed by atoms with Crippen LogP contribution in [-0.2, 0) is 0 Å². The number of halogens is 1. The summed E-state index contributed by atoms with van der Waals surface area (Å²) in [5.41, 5.74) is 0. The quantitative estimate of drug-likeness (QED) is 0.436. The van der Waals surface area contributed by atoms with Crippen molar-refractivity contribution in [2.45, 2.75) is 25.7 Å². The summed E-state index contributed by atoms with van der Waals surface area (Å²) < 4.78 is 0. The second-order valence-corrected chi connectivity index (χ2v) is 3.44. The molecule has 1 aliphatic carbocycles. The lowest BCUT2D eigenvalue weighted by atomic mass is 9.75. The van der Waals surface area contributed by atoms with Crippen LogP contribution in [0.5, 0.6) is 0 Å². The summed E-state index contributed by atoms with van der Waals surface area (Å²) in [4.78, 5) is 0. The average Bonchev–Trinajstić information content (AvgIpc) is 1.83. The van der Waals surface area contributed by atoms with Crippen LogP contribution in [0.2, 0.25) is 0 Å². The first kappa shape index (κ1) is 8.13. The van der Waals surface area contributed by atoms with Crippen molar-refractivity contribution in [2.75, 3.05) is 5.88 Å². The fourth-order valence-corrected chi connectivity index (χ4v) is 1.88. The van der Waals surface area contributed by atoms with Crippen LogP contribution in [0, 0.1) is 11.8 Å². The Hall–Kier alpha value is 0.0300. The van der Waals surface area contributed by atoms with E-state index in [1.807, 2.05) is 6.08 Å². The van der Waals surface area contributed by atoms with E-state index >= 15 is 0 Å². The summed E-state index contributed by atoms with van der Waals surface area (Å²) >= 11 is 5.81.